The molecule has 0 aromatic heterocycles. The van der Waals surface area contributed by atoms with Gasteiger partial charge in [-0.2, -0.15) is 0 Å². The molecule has 0 spiro atoms. The summed E-state index contributed by atoms with van der Waals surface area (Å²) in [5, 5.41) is 3.15. The van der Waals surface area contributed by atoms with Crippen molar-refractivity contribution < 1.29 is 9.13 Å². The quantitative estimate of drug-likeness (QED) is 0.792. The van der Waals surface area contributed by atoms with Gasteiger partial charge >= 0.3 is 0 Å². The Hall–Kier alpha value is -1.53. The molecule has 1 unspecified atom stereocenters. The number of benzene rings is 1. The van der Waals surface area contributed by atoms with Gasteiger partial charge in [-0.05, 0) is 12.0 Å². The minimum absolute atomic E-state index is 0.0449. The van der Waals surface area contributed by atoms with Crippen LogP contribution in [0.15, 0.2) is 18.2 Å². The lowest BCUT2D eigenvalue weighted by atomic mass is 10.0. The molecule has 0 aliphatic carbocycles. The number of terminal acetylenes is 1. The van der Waals surface area contributed by atoms with Crippen molar-refractivity contribution in [3.05, 3.63) is 29.6 Å². The van der Waals surface area contributed by atoms with Gasteiger partial charge in [0.1, 0.15) is 11.6 Å². The SMILES string of the molecule is C#CC(NCc1ccc(OC)cc1F)C(C)C. The topological polar surface area (TPSA) is 21.3 Å². The van der Waals surface area contributed by atoms with Crippen molar-refractivity contribution in [2.75, 3.05) is 7.11 Å². The minimum atomic E-state index is -0.281. The molecule has 1 atom stereocenters. The van der Waals surface area contributed by atoms with Crippen molar-refractivity contribution in [3.63, 3.8) is 0 Å². The van der Waals surface area contributed by atoms with Gasteiger partial charge in [0.25, 0.3) is 0 Å². The molecule has 0 saturated carbocycles. The van der Waals surface area contributed by atoms with Gasteiger partial charge in [0.05, 0.1) is 13.2 Å². The lowest BCUT2D eigenvalue weighted by molar-refractivity contribution is 0.409. The second-order valence-electron chi connectivity index (χ2n) is 4.23. The van der Waals surface area contributed by atoms with E-state index in [4.69, 9.17) is 11.2 Å². The summed E-state index contributed by atoms with van der Waals surface area (Å²) in [4.78, 5) is 0. The highest BCUT2D eigenvalue weighted by molar-refractivity contribution is 5.29. The third kappa shape index (κ3) is 3.76. The zero-order chi connectivity index (χ0) is 12.8. The van der Waals surface area contributed by atoms with Gasteiger partial charge in [0.15, 0.2) is 0 Å². The molecule has 1 aromatic carbocycles. The van der Waals surface area contributed by atoms with Crippen molar-refractivity contribution in [3.8, 4) is 18.1 Å². The maximum Gasteiger partial charge on any atom is 0.131 e. The molecule has 0 saturated heterocycles. The summed E-state index contributed by atoms with van der Waals surface area (Å²) in [5.74, 6) is 3.21. The standard InChI is InChI=1S/C14H18FNO/c1-5-14(10(2)3)16-9-11-6-7-12(17-4)8-13(11)15/h1,6-8,10,14,16H,9H2,2-4H3. The van der Waals surface area contributed by atoms with Crippen LogP contribution in [0.3, 0.4) is 0 Å². The third-order valence-electron chi connectivity index (χ3n) is 2.62. The fourth-order valence-corrected chi connectivity index (χ4v) is 1.51. The first-order chi connectivity index (χ1) is 8.08. The van der Waals surface area contributed by atoms with Crippen molar-refractivity contribution in [1.82, 2.24) is 5.32 Å². The van der Waals surface area contributed by atoms with Crippen LogP contribution in [0.1, 0.15) is 19.4 Å². The van der Waals surface area contributed by atoms with Crippen LogP contribution in [0.4, 0.5) is 4.39 Å². The Kier molecular flexibility index (Phi) is 4.99. The summed E-state index contributed by atoms with van der Waals surface area (Å²) in [7, 11) is 1.51. The van der Waals surface area contributed by atoms with E-state index in [0.29, 0.717) is 23.8 Å². The van der Waals surface area contributed by atoms with Crippen LogP contribution in [-0.4, -0.2) is 13.2 Å². The monoisotopic (exact) mass is 235 g/mol. The van der Waals surface area contributed by atoms with Gasteiger partial charge < -0.3 is 4.74 Å². The van der Waals surface area contributed by atoms with E-state index in [1.807, 2.05) is 13.8 Å². The summed E-state index contributed by atoms with van der Waals surface area (Å²) in [5.41, 5.74) is 0.590. The number of methoxy groups -OCH3 is 1. The molecule has 0 bridgehead atoms. The van der Waals surface area contributed by atoms with Gasteiger partial charge in [0.2, 0.25) is 0 Å². The maximum atomic E-state index is 13.6. The normalized spacial score (nSPS) is 12.2. The van der Waals surface area contributed by atoms with Crippen LogP contribution in [0, 0.1) is 24.1 Å². The molecule has 17 heavy (non-hydrogen) atoms. The lowest BCUT2D eigenvalue weighted by Gasteiger charge is -2.16. The van der Waals surface area contributed by atoms with E-state index >= 15 is 0 Å². The van der Waals surface area contributed by atoms with Gasteiger partial charge in [-0.1, -0.05) is 25.8 Å². The fraction of sp³-hybridized carbons (Fsp3) is 0.429. The molecule has 0 amide bonds. The molecule has 1 aromatic rings. The number of hydrogen-bond acceptors (Lipinski definition) is 2. The predicted octanol–water partition coefficient (Wildman–Crippen LogP) is 2.58. The van der Waals surface area contributed by atoms with E-state index < -0.39 is 0 Å². The zero-order valence-electron chi connectivity index (χ0n) is 10.5. The van der Waals surface area contributed by atoms with Gasteiger partial charge in [-0.25, -0.2) is 4.39 Å². The highest BCUT2D eigenvalue weighted by atomic mass is 19.1. The summed E-state index contributed by atoms with van der Waals surface area (Å²) in [6.45, 7) is 4.48. The van der Waals surface area contributed by atoms with E-state index in [2.05, 4.69) is 11.2 Å². The Morgan fingerprint density at radius 3 is 2.65 bits per heavy atom. The highest BCUT2D eigenvalue weighted by Gasteiger charge is 2.10. The van der Waals surface area contributed by atoms with Crippen LogP contribution in [0.5, 0.6) is 5.75 Å². The largest absolute Gasteiger partial charge is 0.497 e. The molecule has 1 N–H and O–H groups in total. The molecule has 2 nitrogen and oxygen atoms in total. The number of hydrogen-bond donors (Lipinski definition) is 1. The second-order valence-corrected chi connectivity index (χ2v) is 4.23. The van der Waals surface area contributed by atoms with Gasteiger partial charge in [-0.15, -0.1) is 6.42 Å². The Bertz CT molecular complexity index is 409. The summed E-state index contributed by atoms with van der Waals surface area (Å²) >= 11 is 0. The average Bonchev–Trinajstić information content (AvgIpc) is 2.31. The average molecular weight is 235 g/mol. The van der Waals surface area contributed by atoms with E-state index in [9.17, 15) is 4.39 Å². The van der Waals surface area contributed by atoms with E-state index in [1.54, 1.807) is 12.1 Å². The summed E-state index contributed by atoms with van der Waals surface area (Å²) in [6.07, 6.45) is 5.40. The van der Waals surface area contributed by atoms with E-state index in [1.165, 1.54) is 13.2 Å². The minimum Gasteiger partial charge on any atom is -0.497 e. The second kappa shape index (κ2) is 6.27. The molecular weight excluding hydrogens is 217 g/mol. The Morgan fingerprint density at radius 2 is 2.18 bits per heavy atom. The molecule has 3 heteroatoms. The molecule has 0 aliphatic rings. The summed E-state index contributed by atoms with van der Waals surface area (Å²) < 4.78 is 18.6. The first kappa shape index (κ1) is 13.5. The first-order valence-electron chi connectivity index (χ1n) is 5.60. The molecule has 92 valence electrons. The molecule has 0 heterocycles. The van der Waals surface area contributed by atoms with Crippen LogP contribution in [0.2, 0.25) is 0 Å². The van der Waals surface area contributed by atoms with Crippen molar-refractivity contribution in [2.24, 2.45) is 5.92 Å². The smallest absolute Gasteiger partial charge is 0.131 e. The number of ether oxygens (including phenoxy) is 1. The van der Waals surface area contributed by atoms with Crippen molar-refractivity contribution in [1.29, 1.82) is 0 Å². The van der Waals surface area contributed by atoms with Crippen LogP contribution >= 0.6 is 0 Å². The van der Waals surface area contributed by atoms with E-state index in [0.717, 1.165) is 0 Å². The maximum absolute atomic E-state index is 13.6. The van der Waals surface area contributed by atoms with Crippen LogP contribution in [0.25, 0.3) is 0 Å². The third-order valence-corrected chi connectivity index (χ3v) is 2.62. The fourth-order valence-electron chi connectivity index (χ4n) is 1.51. The molecule has 0 aliphatic heterocycles. The number of rotatable bonds is 5. The van der Waals surface area contributed by atoms with E-state index in [-0.39, 0.29) is 11.9 Å². The van der Waals surface area contributed by atoms with Gasteiger partial charge in [0, 0.05) is 18.2 Å². The Morgan fingerprint density at radius 1 is 1.47 bits per heavy atom. The van der Waals surface area contributed by atoms with Crippen LogP contribution in [-0.2, 0) is 6.54 Å². The first-order valence-corrected chi connectivity index (χ1v) is 5.60. The molecule has 0 radical (unpaired) electrons. The molecule has 1 rings (SSSR count). The van der Waals surface area contributed by atoms with Crippen molar-refractivity contribution in [2.45, 2.75) is 26.4 Å². The van der Waals surface area contributed by atoms with Gasteiger partial charge in [-0.3, -0.25) is 5.32 Å². The Balaban J connectivity index is 2.67. The Labute approximate surface area is 102 Å². The molecular formula is C14H18FNO. The number of nitrogens with one attached hydrogen (secondary N) is 1. The zero-order valence-corrected chi connectivity index (χ0v) is 10.5. The lowest BCUT2D eigenvalue weighted by Crippen LogP contribution is -2.32. The highest BCUT2D eigenvalue weighted by Crippen LogP contribution is 2.16. The predicted molar refractivity (Wildman–Crippen MR) is 67.3 cm³/mol. The van der Waals surface area contributed by atoms with Crippen LogP contribution < -0.4 is 10.1 Å². The molecule has 0 fully saturated rings. The summed E-state index contributed by atoms with van der Waals surface area (Å²) in [6, 6.07) is 4.77. The van der Waals surface area contributed by atoms with Crippen molar-refractivity contribution >= 4 is 0 Å². The number of halogens is 1.